The van der Waals surface area contributed by atoms with Crippen LogP contribution in [0.3, 0.4) is 0 Å². The summed E-state index contributed by atoms with van der Waals surface area (Å²) in [5, 5.41) is 0. The highest BCUT2D eigenvalue weighted by atomic mass is 19.3. The molecule has 1 heterocycles. The van der Waals surface area contributed by atoms with Gasteiger partial charge in [0.25, 0.3) is 0 Å². The molecule has 0 bridgehead atoms. The Hall–Kier alpha value is -1.23. The molecule has 68 valence electrons. The zero-order valence-electron chi connectivity index (χ0n) is 6.63. The first-order valence-electron chi connectivity index (χ1n) is 3.06. The van der Waals surface area contributed by atoms with Gasteiger partial charge in [-0.25, -0.2) is 0 Å². The third-order valence-corrected chi connectivity index (χ3v) is 1.17. The molecule has 0 radical (unpaired) electrons. The summed E-state index contributed by atoms with van der Waals surface area (Å²) in [7, 11) is 0. The molecule has 1 rings (SSSR count). The van der Waals surface area contributed by atoms with Gasteiger partial charge >= 0.3 is 6.61 Å². The van der Waals surface area contributed by atoms with Crippen LogP contribution < -0.4 is 10.9 Å². The molecular formula is C7H10F2N2O. The van der Waals surface area contributed by atoms with Crippen LogP contribution in [-0.2, 0) is 0 Å². The SMILES string of the molecule is Cc1ncccc1OC(F)F.N. The summed E-state index contributed by atoms with van der Waals surface area (Å²) in [5.74, 6) is 0.127. The van der Waals surface area contributed by atoms with Crippen molar-refractivity contribution in [3.05, 3.63) is 24.0 Å². The minimum absolute atomic E-state index is 0. The maximum Gasteiger partial charge on any atom is 0.387 e. The van der Waals surface area contributed by atoms with Crippen molar-refractivity contribution >= 4 is 0 Å². The van der Waals surface area contributed by atoms with Crippen molar-refractivity contribution in [2.24, 2.45) is 0 Å². The minimum Gasteiger partial charge on any atom is -0.433 e. The van der Waals surface area contributed by atoms with Gasteiger partial charge < -0.3 is 10.9 Å². The number of nitrogens with zero attached hydrogens (tertiary/aromatic N) is 1. The highest BCUT2D eigenvalue weighted by Gasteiger charge is 2.05. The Bertz CT molecular complexity index is 243. The van der Waals surface area contributed by atoms with E-state index in [0.29, 0.717) is 5.69 Å². The van der Waals surface area contributed by atoms with Crippen LogP contribution >= 0.6 is 0 Å². The molecule has 0 aromatic carbocycles. The fraction of sp³-hybridized carbons (Fsp3) is 0.286. The lowest BCUT2D eigenvalue weighted by molar-refractivity contribution is -0.0505. The van der Waals surface area contributed by atoms with E-state index in [4.69, 9.17) is 0 Å². The molecule has 0 aliphatic heterocycles. The Morgan fingerprint density at radius 2 is 2.17 bits per heavy atom. The van der Waals surface area contributed by atoms with E-state index in [-0.39, 0.29) is 11.9 Å². The summed E-state index contributed by atoms with van der Waals surface area (Å²) in [4.78, 5) is 3.77. The second kappa shape index (κ2) is 4.61. The summed E-state index contributed by atoms with van der Waals surface area (Å²) in [6.07, 6.45) is 1.52. The quantitative estimate of drug-likeness (QED) is 0.751. The molecule has 0 saturated carbocycles. The van der Waals surface area contributed by atoms with Crippen LogP contribution in [0.15, 0.2) is 18.3 Å². The molecule has 0 aliphatic rings. The smallest absolute Gasteiger partial charge is 0.387 e. The van der Waals surface area contributed by atoms with Gasteiger partial charge in [0, 0.05) is 6.20 Å². The molecule has 0 aliphatic carbocycles. The first-order chi connectivity index (χ1) is 5.20. The van der Waals surface area contributed by atoms with E-state index < -0.39 is 6.61 Å². The van der Waals surface area contributed by atoms with Crippen LogP contribution in [0.25, 0.3) is 0 Å². The zero-order chi connectivity index (χ0) is 8.27. The predicted molar refractivity (Wildman–Crippen MR) is 40.6 cm³/mol. The summed E-state index contributed by atoms with van der Waals surface area (Å²) >= 11 is 0. The largest absolute Gasteiger partial charge is 0.433 e. The minimum atomic E-state index is -2.78. The van der Waals surface area contributed by atoms with Gasteiger partial charge in [-0.1, -0.05) is 0 Å². The molecule has 12 heavy (non-hydrogen) atoms. The van der Waals surface area contributed by atoms with E-state index in [1.165, 1.54) is 12.3 Å². The monoisotopic (exact) mass is 176 g/mol. The van der Waals surface area contributed by atoms with Crippen molar-refractivity contribution in [2.45, 2.75) is 13.5 Å². The molecule has 1 aromatic rings. The normalized spacial score (nSPS) is 9.33. The number of alkyl halides is 2. The molecule has 3 nitrogen and oxygen atoms in total. The number of halogens is 2. The van der Waals surface area contributed by atoms with Crippen molar-refractivity contribution < 1.29 is 13.5 Å². The topological polar surface area (TPSA) is 57.1 Å². The Morgan fingerprint density at radius 1 is 1.50 bits per heavy atom. The molecule has 5 heteroatoms. The van der Waals surface area contributed by atoms with Crippen molar-refractivity contribution in [3.8, 4) is 5.75 Å². The number of pyridine rings is 1. The van der Waals surface area contributed by atoms with E-state index in [2.05, 4.69) is 9.72 Å². The Labute approximate surface area is 69.0 Å². The van der Waals surface area contributed by atoms with Gasteiger partial charge in [-0.3, -0.25) is 4.98 Å². The lowest BCUT2D eigenvalue weighted by Gasteiger charge is -2.04. The second-order valence-corrected chi connectivity index (χ2v) is 1.97. The lowest BCUT2D eigenvalue weighted by atomic mass is 10.3. The van der Waals surface area contributed by atoms with Crippen LogP contribution in [0.5, 0.6) is 5.75 Å². The van der Waals surface area contributed by atoms with Crippen LogP contribution in [-0.4, -0.2) is 11.6 Å². The van der Waals surface area contributed by atoms with Crippen molar-refractivity contribution in [2.75, 3.05) is 0 Å². The molecule has 3 N–H and O–H groups in total. The van der Waals surface area contributed by atoms with Gasteiger partial charge in [0.1, 0.15) is 5.75 Å². The zero-order valence-corrected chi connectivity index (χ0v) is 6.63. The molecule has 1 aromatic heterocycles. The van der Waals surface area contributed by atoms with Crippen LogP contribution in [0.2, 0.25) is 0 Å². The van der Waals surface area contributed by atoms with E-state index in [0.717, 1.165) is 0 Å². The maximum atomic E-state index is 11.7. The number of hydrogen-bond donors (Lipinski definition) is 1. The van der Waals surface area contributed by atoms with E-state index in [1.54, 1.807) is 13.0 Å². The summed E-state index contributed by atoms with van der Waals surface area (Å²) in [6, 6.07) is 3.00. The fourth-order valence-corrected chi connectivity index (χ4v) is 0.690. The number of ether oxygens (including phenoxy) is 1. The Balaban J connectivity index is 0.00000121. The van der Waals surface area contributed by atoms with Crippen molar-refractivity contribution in [1.82, 2.24) is 11.1 Å². The Kier molecular flexibility index (Phi) is 4.14. The average Bonchev–Trinajstić information content (AvgIpc) is 1.93. The van der Waals surface area contributed by atoms with Gasteiger partial charge in [0.15, 0.2) is 0 Å². The van der Waals surface area contributed by atoms with Crippen molar-refractivity contribution in [3.63, 3.8) is 0 Å². The number of hydrogen-bond acceptors (Lipinski definition) is 3. The molecule has 0 atom stereocenters. The summed E-state index contributed by atoms with van der Waals surface area (Å²) in [6.45, 7) is -1.17. The molecule has 0 saturated heterocycles. The first-order valence-corrected chi connectivity index (χ1v) is 3.06. The molecule has 0 spiro atoms. The predicted octanol–water partition coefficient (Wildman–Crippen LogP) is 2.15. The van der Waals surface area contributed by atoms with Gasteiger partial charge in [0.2, 0.25) is 0 Å². The molecule has 0 unspecified atom stereocenters. The third kappa shape index (κ3) is 2.79. The van der Waals surface area contributed by atoms with Crippen molar-refractivity contribution in [1.29, 1.82) is 0 Å². The average molecular weight is 176 g/mol. The van der Waals surface area contributed by atoms with E-state index >= 15 is 0 Å². The van der Waals surface area contributed by atoms with Crippen LogP contribution in [0.4, 0.5) is 8.78 Å². The summed E-state index contributed by atoms with van der Waals surface area (Å²) < 4.78 is 27.5. The lowest BCUT2D eigenvalue weighted by Crippen LogP contribution is -2.03. The summed E-state index contributed by atoms with van der Waals surface area (Å²) in [5.41, 5.74) is 0.466. The molecule has 0 fully saturated rings. The van der Waals surface area contributed by atoms with Gasteiger partial charge in [-0.2, -0.15) is 8.78 Å². The van der Waals surface area contributed by atoms with E-state index in [9.17, 15) is 8.78 Å². The number of aromatic nitrogens is 1. The molecular weight excluding hydrogens is 166 g/mol. The highest BCUT2D eigenvalue weighted by Crippen LogP contribution is 2.15. The van der Waals surface area contributed by atoms with Gasteiger partial charge in [-0.15, -0.1) is 0 Å². The second-order valence-electron chi connectivity index (χ2n) is 1.97. The van der Waals surface area contributed by atoms with Gasteiger partial charge in [0.05, 0.1) is 5.69 Å². The van der Waals surface area contributed by atoms with Crippen LogP contribution in [0.1, 0.15) is 5.69 Å². The highest BCUT2D eigenvalue weighted by molar-refractivity contribution is 5.25. The standard InChI is InChI=1S/C7H7F2NO.H3N/c1-5-6(11-7(8)9)3-2-4-10-5;/h2-4,7H,1H3;1H3. The fourth-order valence-electron chi connectivity index (χ4n) is 0.690. The third-order valence-electron chi connectivity index (χ3n) is 1.17. The van der Waals surface area contributed by atoms with E-state index in [1.807, 2.05) is 0 Å². The Morgan fingerprint density at radius 3 is 2.67 bits per heavy atom. The maximum absolute atomic E-state index is 11.7. The number of aryl methyl sites for hydroxylation is 1. The van der Waals surface area contributed by atoms with Crippen LogP contribution in [0, 0.1) is 6.92 Å². The first kappa shape index (κ1) is 10.8. The van der Waals surface area contributed by atoms with Gasteiger partial charge in [-0.05, 0) is 19.1 Å². The molecule has 0 amide bonds. The number of rotatable bonds is 2.